The van der Waals surface area contributed by atoms with Gasteiger partial charge in [0.2, 0.25) is 0 Å². The van der Waals surface area contributed by atoms with Crippen LogP contribution in [0.3, 0.4) is 0 Å². The van der Waals surface area contributed by atoms with Gasteiger partial charge in [0, 0.05) is 6.20 Å². The minimum Gasteiger partial charge on any atom is -0.464 e. The molecule has 5 nitrogen and oxygen atoms in total. The molecule has 0 saturated carbocycles. The molecule has 13 heavy (non-hydrogen) atoms. The summed E-state index contributed by atoms with van der Waals surface area (Å²) in [5.74, 6) is 0. The maximum Gasteiger partial charge on any atom is 0.417 e. The van der Waals surface area contributed by atoms with E-state index in [1.54, 1.807) is 6.07 Å². The monoisotopic (exact) mass is 197 g/mol. The van der Waals surface area contributed by atoms with Crippen LogP contribution in [0.15, 0.2) is 18.6 Å². The summed E-state index contributed by atoms with van der Waals surface area (Å²) in [5.41, 5.74) is 0.299. The summed E-state index contributed by atoms with van der Waals surface area (Å²) < 4.78 is 0.989. The van der Waals surface area contributed by atoms with E-state index in [2.05, 4.69) is 9.97 Å². The van der Waals surface area contributed by atoms with Crippen LogP contribution in [-0.4, -0.2) is 25.7 Å². The van der Waals surface area contributed by atoms with Crippen molar-refractivity contribution in [3.63, 3.8) is 0 Å². The fourth-order valence-corrected chi connectivity index (χ4v) is 1.27. The normalized spacial score (nSPS) is 10.5. The van der Waals surface area contributed by atoms with Gasteiger partial charge >= 0.3 is 6.09 Å². The highest BCUT2D eigenvalue weighted by molar-refractivity contribution is 6.34. The first-order valence-corrected chi connectivity index (χ1v) is 3.79. The second kappa shape index (κ2) is 2.70. The molecule has 0 aliphatic rings. The predicted octanol–water partition coefficient (Wildman–Crippen LogP) is 1.61. The molecular formula is C7H4ClN3O2. The number of hydrogen-bond donors (Lipinski definition) is 1. The van der Waals surface area contributed by atoms with E-state index in [1.165, 1.54) is 12.5 Å². The summed E-state index contributed by atoms with van der Waals surface area (Å²) in [4.78, 5) is 18.2. The Morgan fingerprint density at radius 2 is 2.31 bits per heavy atom. The molecular weight excluding hydrogens is 194 g/mol. The molecule has 0 radical (unpaired) electrons. The van der Waals surface area contributed by atoms with Crippen molar-refractivity contribution in [3.05, 3.63) is 23.7 Å². The quantitative estimate of drug-likeness (QED) is 0.652. The standard InChI is InChI=1S/C7H4ClN3O2/c8-5-4-1-2-11(7(12)13)6(4)10-3-9-5/h1-3H,(H,12,13). The van der Waals surface area contributed by atoms with Gasteiger partial charge < -0.3 is 5.11 Å². The van der Waals surface area contributed by atoms with Gasteiger partial charge in [-0.25, -0.2) is 19.3 Å². The molecule has 2 rings (SSSR count). The molecule has 2 heterocycles. The van der Waals surface area contributed by atoms with Gasteiger partial charge in [-0.05, 0) is 6.07 Å². The molecule has 0 unspecified atom stereocenters. The summed E-state index contributed by atoms with van der Waals surface area (Å²) in [7, 11) is 0. The van der Waals surface area contributed by atoms with Crippen LogP contribution in [0.1, 0.15) is 0 Å². The van der Waals surface area contributed by atoms with Gasteiger partial charge in [-0.3, -0.25) is 0 Å². The van der Waals surface area contributed by atoms with Crippen molar-refractivity contribution < 1.29 is 9.90 Å². The summed E-state index contributed by atoms with van der Waals surface area (Å²) >= 11 is 5.72. The van der Waals surface area contributed by atoms with Gasteiger partial charge in [-0.1, -0.05) is 11.6 Å². The first kappa shape index (κ1) is 8.00. The highest BCUT2D eigenvalue weighted by atomic mass is 35.5. The van der Waals surface area contributed by atoms with Crippen molar-refractivity contribution in [1.29, 1.82) is 0 Å². The first-order chi connectivity index (χ1) is 6.20. The van der Waals surface area contributed by atoms with Crippen LogP contribution in [0.2, 0.25) is 5.15 Å². The Morgan fingerprint density at radius 3 is 3.00 bits per heavy atom. The zero-order valence-corrected chi connectivity index (χ0v) is 7.06. The third-order valence-corrected chi connectivity index (χ3v) is 1.94. The Kier molecular flexibility index (Phi) is 1.66. The van der Waals surface area contributed by atoms with Crippen molar-refractivity contribution in [2.45, 2.75) is 0 Å². The Morgan fingerprint density at radius 1 is 1.54 bits per heavy atom. The molecule has 0 bridgehead atoms. The molecule has 66 valence electrons. The average molecular weight is 198 g/mol. The lowest BCUT2D eigenvalue weighted by Gasteiger charge is -1.95. The fourth-order valence-electron chi connectivity index (χ4n) is 1.07. The molecule has 2 aromatic heterocycles. The van der Waals surface area contributed by atoms with E-state index in [4.69, 9.17) is 16.7 Å². The van der Waals surface area contributed by atoms with E-state index in [0.29, 0.717) is 11.0 Å². The topological polar surface area (TPSA) is 68.0 Å². The van der Waals surface area contributed by atoms with Gasteiger partial charge in [-0.15, -0.1) is 0 Å². The molecule has 0 saturated heterocycles. The van der Waals surface area contributed by atoms with E-state index >= 15 is 0 Å². The molecule has 1 N–H and O–H groups in total. The summed E-state index contributed by atoms with van der Waals surface area (Å²) in [6.07, 6.45) is 1.52. The Balaban J connectivity index is 2.83. The number of hydrogen-bond acceptors (Lipinski definition) is 3. The maximum atomic E-state index is 10.6. The number of carbonyl (C=O) groups is 1. The largest absolute Gasteiger partial charge is 0.464 e. The summed E-state index contributed by atoms with van der Waals surface area (Å²) in [5, 5.41) is 9.51. The lowest BCUT2D eigenvalue weighted by molar-refractivity contribution is 0.197. The van der Waals surface area contributed by atoms with Crippen LogP contribution in [0.4, 0.5) is 4.79 Å². The maximum absolute atomic E-state index is 10.6. The minimum absolute atomic E-state index is 0.255. The van der Waals surface area contributed by atoms with Crippen molar-refractivity contribution >= 4 is 28.7 Å². The molecule has 0 aromatic carbocycles. The van der Waals surface area contributed by atoms with Crippen LogP contribution >= 0.6 is 11.6 Å². The number of fused-ring (bicyclic) bond motifs is 1. The fraction of sp³-hybridized carbons (Fsp3) is 0. The molecule has 0 spiro atoms. The van der Waals surface area contributed by atoms with Crippen molar-refractivity contribution in [2.24, 2.45) is 0 Å². The van der Waals surface area contributed by atoms with Crippen LogP contribution in [0, 0.1) is 0 Å². The summed E-state index contributed by atoms with van der Waals surface area (Å²) in [6, 6.07) is 1.56. The number of aromatic nitrogens is 3. The number of rotatable bonds is 0. The Bertz CT molecular complexity index is 480. The van der Waals surface area contributed by atoms with Gasteiger partial charge in [0.25, 0.3) is 0 Å². The SMILES string of the molecule is O=C(O)n1ccc2c(Cl)ncnc21. The third-order valence-electron chi connectivity index (χ3n) is 1.64. The second-order valence-electron chi connectivity index (χ2n) is 2.37. The Labute approximate surface area is 77.6 Å². The van der Waals surface area contributed by atoms with Crippen molar-refractivity contribution in [1.82, 2.24) is 14.5 Å². The zero-order chi connectivity index (χ0) is 9.42. The third kappa shape index (κ3) is 1.13. The second-order valence-corrected chi connectivity index (χ2v) is 2.73. The van der Waals surface area contributed by atoms with Gasteiger partial charge in [0.05, 0.1) is 5.39 Å². The van der Waals surface area contributed by atoms with Crippen molar-refractivity contribution in [2.75, 3.05) is 0 Å². The molecule has 0 atom stereocenters. The smallest absolute Gasteiger partial charge is 0.417 e. The van der Waals surface area contributed by atoms with E-state index < -0.39 is 6.09 Å². The molecule has 2 aromatic rings. The van der Waals surface area contributed by atoms with E-state index in [9.17, 15) is 4.79 Å². The first-order valence-electron chi connectivity index (χ1n) is 3.41. The minimum atomic E-state index is -1.09. The predicted molar refractivity (Wildman–Crippen MR) is 46.0 cm³/mol. The molecule has 6 heteroatoms. The van der Waals surface area contributed by atoms with Gasteiger partial charge in [0.15, 0.2) is 5.65 Å². The number of nitrogens with zero attached hydrogens (tertiary/aromatic N) is 3. The highest BCUT2D eigenvalue weighted by Crippen LogP contribution is 2.19. The molecule has 0 aliphatic heterocycles. The van der Waals surface area contributed by atoms with Crippen LogP contribution in [0.25, 0.3) is 11.0 Å². The van der Waals surface area contributed by atoms with E-state index in [-0.39, 0.29) is 5.15 Å². The lowest BCUT2D eigenvalue weighted by Crippen LogP contribution is -2.06. The zero-order valence-electron chi connectivity index (χ0n) is 6.31. The van der Waals surface area contributed by atoms with Crippen LogP contribution in [-0.2, 0) is 0 Å². The van der Waals surface area contributed by atoms with Gasteiger partial charge in [-0.2, -0.15) is 0 Å². The van der Waals surface area contributed by atoms with E-state index in [0.717, 1.165) is 4.57 Å². The molecule has 0 fully saturated rings. The molecule has 0 aliphatic carbocycles. The highest BCUT2D eigenvalue weighted by Gasteiger charge is 2.09. The van der Waals surface area contributed by atoms with E-state index in [1.807, 2.05) is 0 Å². The van der Waals surface area contributed by atoms with Crippen LogP contribution in [0.5, 0.6) is 0 Å². The Hall–Kier alpha value is -1.62. The van der Waals surface area contributed by atoms with Gasteiger partial charge in [0.1, 0.15) is 11.5 Å². The number of halogens is 1. The summed E-state index contributed by atoms with van der Waals surface area (Å²) in [6.45, 7) is 0. The lowest BCUT2D eigenvalue weighted by atomic mass is 10.4. The van der Waals surface area contributed by atoms with Crippen LogP contribution < -0.4 is 0 Å². The average Bonchev–Trinajstić information content (AvgIpc) is 2.48. The van der Waals surface area contributed by atoms with Crippen molar-refractivity contribution in [3.8, 4) is 0 Å². The molecule has 0 amide bonds. The number of carboxylic acid groups (broad SMARTS) is 1.